The van der Waals surface area contributed by atoms with Crippen LogP contribution < -0.4 is 10.1 Å². The molecule has 1 aromatic rings. The third kappa shape index (κ3) is 1.63. The summed E-state index contributed by atoms with van der Waals surface area (Å²) in [5.74, 6) is 2.58. The quantitative estimate of drug-likeness (QED) is 0.697. The second kappa shape index (κ2) is 3.86. The lowest BCUT2D eigenvalue weighted by atomic mass is 9.80. The first-order valence-electron chi connectivity index (χ1n) is 5.87. The molecule has 2 atom stereocenters. The van der Waals surface area contributed by atoms with Crippen LogP contribution in [0.4, 0.5) is 0 Å². The van der Waals surface area contributed by atoms with E-state index in [1.165, 1.54) is 24.9 Å². The van der Waals surface area contributed by atoms with Gasteiger partial charge in [0.2, 0.25) is 0 Å². The molecule has 15 heavy (non-hydrogen) atoms. The van der Waals surface area contributed by atoms with Gasteiger partial charge in [-0.05, 0) is 36.9 Å². The van der Waals surface area contributed by atoms with Gasteiger partial charge in [0.1, 0.15) is 5.75 Å². The predicted octanol–water partition coefficient (Wildman–Crippen LogP) is 2.16. The molecule has 0 saturated carbocycles. The maximum atomic E-state index is 5.81. The second-order valence-corrected chi connectivity index (χ2v) is 4.53. The van der Waals surface area contributed by atoms with Crippen molar-refractivity contribution in [3.8, 4) is 5.75 Å². The summed E-state index contributed by atoms with van der Waals surface area (Å²) in [5, 5.41) is 3.50. The fraction of sp³-hybridized carbons (Fsp3) is 0.538. The van der Waals surface area contributed by atoms with Gasteiger partial charge in [-0.1, -0.05) is 18.2 Å². The number of ether oxygens (including phenoxy) is 1. The van der Waals surface area contributed by atoms with Crippen LogP contribution in [-0.2, 0) is 0 Å². The SMILES string of the molecule is c1ccc2c(c1)OCCC1CCNCC21. The first-order chi connectivity index (χ1) is 7.45. The lowest BCUT2D eigenvalue weighted by Crippen LogP contribution is -2.34. The summed E-state index contributed by atoms with van der Waals surface area (Å²) in [5.41, 5.74) is 1.41. The van der Waals surface area contributed by atoms with Crippen molar-refractivity contribution in [3.05, 3.63) is 29.8 Å². The normalized spacial score (nSPS) is 29.6. The topological polar surface area (TPSA) is 21.3 Å². The van der Waals surface area contributed by atoms with Gasteiger partial charge in [0.05, 0.1) is 6.61 Å². The smallest absolute Gasteiger partial charge is 0.122 e. The molecule has 2 unspecified atom stereocenters. The van der Waals surface area contributed by atoms with Crippen molar-refractivity contribution in [2.45, 2.75) is 18.8 Å². The number of benzene rings is 1. The summed E-state index contributed by atoms with van der Waals surface area (Å²) in [6.07, 6.45) is 2.50. The number of rotatable bonds is 0. The molecule has 0 radical (unpaired) electrons. The van der Waals surface area contributed by atoms with Crippen LogP contribution in [0.5, 0.6) is 5.75 Å². The van der Waals surface area contributed by atoms with Crippen LogP contribution in [0.1, 0.15) is 24.3 Å². The Morgan fingerprint density at radius 1 is 1.20 bits per heavy atom. The number of piperidine rings is 1. The summed E-state index contributed by atoms with van der Waals surface area (Å²) in [4.78, 5) is 0. The van der Waals surface area contributed by atoms with E-state index in [0.717, 1.165) is 24.8 Å². The summed E-state index contributed by atoms with van der Waals surface area (Å²) >= 11 is 0. The monoisotopic (exact) mass is 203 g/mol. The van der Waals surface area contributed by atoms with E-state index in [2.05, 4.69) is 29.6 Å². The molecule has 0 aromatic heterocycles. The largest absolute Gasteiger partial charge is 0.493 e. The minimum Gasteiger partial charge on any atom is -0.493 e. The highest BCUT2D eigenvalue weighted by molar-refractivity contribution is 5.38. The fourth-order valence-corrected chi connectivity index (χ4v) is 2.86. The van der Waals surface area contributed by atoms with E-state index in [4.69, 9.17) is 4.74 Å². The Morgan fingerprint density at radius 3 is 3.13 bits per heavy atom. The molecule has 1 fully saturated rings. The molecule has 80 valence electrons. The van der Waals surface area contributed by atoms with Gasteiger partial charge in [0.15, 0.2) is 0 Å². The van der Waals surface area contributed by atoms with Crippen LogP contribution in [0.15, 0.2) is 24.3 Å². The summed E-state index contributed by atoms with van der Waals surface area (Å²) in [6, 6.07) is 8.52. The van der Waals surface area contributed by atoms with Gasteiger partial charge in [-0.25, -0.2) is 0 Å². The van der Waals surface area contributed by atoms with Crippen LogP contribution in [0.3, 0.4) is 0 Å². The fourth-order valence-electron chi connectivity index (χ4n) is 2.86. The van der Waals surface area contributed by atoms with E-state index in [1.807, 2.05) is 0 Å². The van der Waals surface area contributed by atoms with E-state index in [0.29, 0.717) is 5.92 Å². The molecule has 3 rings (SSSR count). The maximum absolute atomic E-state index is 5.81. The highest BCUT2D eigenvalue weighted by atomic mass is 16.5. The molecule has 2 aliphatic rings. The molecule has 2 aliphatic heterocycles. The highest BCUT2D eigenvalue weighted by Crippen LogP contribution is 2.38. The average Bonchev–Trinajstić information content (AvgIpc) is 2.48. The Morgan fingerprint density at radius 2 is 2.13 bits per heavy atom. The molecule has 0 aliphatic carbocycles. The number of hydrogen-bond donors (Lipinski definition) is 1. The maximum Gasteiger partial charge on any atom is 0.122 e. The van der Waals surface area contributed by atoms with Crippen LogP contribution in [0.2, 0.25) is 0 Å². The number of nitrogens with one attached hydrogen (secondary N) is 1. The van der Waals surface area contributed by atoms with E-state index in [1.54, 1.807) is 0 Å². The number of fused-ring (bicyclic) bond motifs is 3. The molecular weight excluding hydrogens is 186 g/mol. The van der Waals surface area contributed by atoms with Crippen molar-refractivity contribution < 1.29 is 4.74 Å². The van der Waals surface area contributed by atoms with Crippen LogP contribution in [0.25, 0.3) is 0 Å². The Bertz CT molecular complexity index is 350. The Labute approximate surface area is 90.6 Å². The van der Waals surface area contributed by atoms with Crippen LogP contribution in [-0.4, -0.2) is 19.7 Å². The van der Waals surface area contributed by atoms with Gasteiger partial charge in [-0.15, -0.1) is 0 Å². The molecule has 1 aromatic carbocycles. The van der Waals surface area contributed by atoms with Crippen LogP contribution in [0, 0.1) is 5.92 Å². The molecule has 2 heteroatoms. The molecule has 1 N–H and O–H groups in total. The van der Waals surface area contributed by atoms with E-state index in [9.17, 15) is 0 Å². The first-order valence-corrected chi connectivity index (χ1v) is 5.87. The molecule has 0 spiro atoms. The van der Waals surface area contributed by atoms with Crippen molar-refractivity contribution >= 4 is 0 Å². The summed E-state index contributed by atoms with van der Waals surface area (Å²) in [7, 11) is 0. The van der Waals surface area contributed by atoms with Crippen molar-refractivity contribution in [1.82, 2.24) is 5.32 Å². The van der Waals surface area contributed by atoms with Crippen LogP contribution >= 0.6 is 0 Å². The van der Waals surface area contributed by atoms with Gasteiger partial charge >= 0.3 is 0 Å². The standard InChI is InChI=1S/C13H17NO/c1-2-4-13-11(3-1)12-9-14-7-5-10(12)6-8-15-13/h1-4,10,12,14H,5-9H2. The van der Waals surface area contributed by atoms with Gasteiger partial charge < -0.3 is 10.1 Å². The second-order valence-electron chi connectivity index (χ2n) is 4.53. The summed E-state index contributed by atoms with van der Waals surface area (Å²) in [6.45, 7) is 3.17. The van der Waals surface area contributed by atoms with Crippen molar-refractivity contribution in [2.24, 2.45) is 5.92 Å². The van der Waals surface area contributed by atoms with E-state index in [-0.39, 0.29) is 0 Å². The molecule has 2 heterocycles. The average molecular weight is 203 g/mol. The third-order valence-electron chi connectivity index (χ3n) is 3.69. The van der Waals surface area contributed by atoms with E-state index < -0.39 is 0 Å². The van der Waals surface area contributed by atoms with Gasteiger partial charge in [0, 0.05) is 12.5 Å². The number of para-hydroxylation sites is 1. The third-order valence-corrected chi connectivity index (χ3v) is 3.69. The van der Waals surface area contributed by atoms with Gasteiger partial charge in [-0.2, -0.15) is 0 Å². The molecular formula is C13H17NO. The zero-order valence-corrected chi connectivity index (χ0v) is 8.91. The zero-order chi connectivity index (χ0) is 10.1. The molecule has 0 amide bonds. The minimum atomic E-state index is 0.664. The zero-order valence-electron chi connectivity index (χ0n) is 8.91. The molecule has 0 bridgehead atoms. The Hall–Kier alpha value is -1.02. The van der Waals surface area contributed by atoms with Gasteiger partial charge in [0.25, 0.3) is 0 Å². The van der Waals surface area contributed by atoms with Crippen molar-refractivity contribution in [1.29, 1.82) is 0 Å². The Balaban J connectivity index is 1.99. The van der Waals surface area contributed by atoms with Crippen molar-refractivity contribution in [3.63, 3.8) is 0 Å². The highest BCUT2D eigenvalue weighted by Gasteiger charge is 2.30. The molecule has 1 saturated heterocycles. The Kier molecular flexibility index (Phi) is 2.37. The van der Waals surface area contributed by atoms with Crippen molar-refractivity contribution in [2.75, 3.05) is 19.7 Å². The van der Waals surface area contributed by atoms with E-state index >= 15 is 0 Å². The predicted molar refractivity (Wildman–Crippen MR) is 60.3 cm³/mol. The lowest BCUT2D eigenvalue weighted by Gasteiger charge is -2.30. The first kappa shape index (κ1) is 9.22. The lowest BCUT2D eigenvalue weighted by molar-refractivity contribution is 0.260. The number of hydrogen-bond acceptors (Lipinski definition) is 2. The van der Waals surface area contributed by atoms with Gasteiger partial charge in [-0.3, -0.25) is 0 Å². The molecule has 2 nitrogen and oxygen atoms in total. The minimum absolute atomic E-state index is 0.664. The summed E-state index contributed by atoms with van der Waals surface area (Å²) < 4.78 is 5.81.